The number of aromatic nitrogens is 4. The molecule has 0 saturated heterocycles. The molecule has 7 heteroatoms. The largest absolute Gasteiger partial charge is 0.497 e. The molecule has 0 spiro atoms. The van der Waals surface area contributed by atoms with E-state index < -0.39 is 0 Å². The molecule has 24 heavy (non-hydrogen) atoms. The number of methoxy groups -OCH3 is 1. The number of hydrogen-bond donors (Lipinski definition) is 2. The van der Waals surface area contributed by atoms with Crippen LogP contribution in [0.2, 0.25) is 0 Å². The topological polar surface area (TPSA) is 92.8 Å². The summed E-state index contributed by atoms with van der Waals surface area (Å²) in [6, 6.07) is 11.2. The van der Waals surface area contributed by atoms with Crippen LogP contribution in [0.25, 0.3) is 11.4 Å². The highest BCUT2D eigenvalue weighted by molar-refractivity contribution is 5.77. The molecule has 122 valence electrons. The second-order valence-electron chi connectivity index (χ2n) is 5.14. The van der Waals surface area contributed by atoms with Gasteiger partial charge in [-0.15, -0.1) is 0 Å². The molecule has 0 bridgehead atoms. The number of carbonyl (C=O) groups excluding carboxylic acids is 1. The van der Waals surface area contributed by atoms with Crippen LogP contribution in [-0.4, -0.2) is 33.2 Å². The third-order valence-corrected chi connectivity index (χ3v) is 3.45. The molecule has 0 radical (unpaired) electrons. The van der Waals surface area contributed by atoms with E-state index in [-0.39, 0.29) is 12.3 Å². The molecule has 0 aliphatic carbocycles. The lowest BCUT2D eigenvalue weighted by Crippen LogP contribution is -2.25. The Morgan fingerprint density at radius 3 is 2.62 bits per heavy atom. The van der Waals surface area contributed by atoms with Crippen molar-refractivity contribution < 1.29 is 9.53 Å². The minimum atomic E-state index is -0.122. The molecule has 0 atom stereocenters. The average molecular weight is 323 g/mol. The molecule has 7 nitrogen and oxygen atoms in total. The number of amides is 1. The van der Waals surface area contributed by atoms with Gasteiger partial charge in [-0.3, -0.25) is 14.9 Å². The number of pyridine rings is 1. The van der Waals surface area contributed by atoms with Gasteiger partial charge in [-0.25, -0.2) is 4.98 Å². The second-order valence-corrected chi connectivity index (χ2v) is 5.14. The molecule has 2 aromatic heterocycles. The Kier molecular flexibility index (Phi) is 4.81. The predicted molar refractivity (Wildman–Crippen MR) is 88.2 cm³/mol. The Labute approximate surface area is 139 Å². The Morgan fingerprint density at radius 2 is 1.92 bits per heavy atom. The van der Waals surface area contributed by atoms with Gasteiger partial charge in [0.05, 0.1) is 13.5 Å². The quantitative estimate of drug-likeness (QED) is 0.721. The SMILES string of the molecule is COc1ccc(CNC(=O)Cc2nc(-c3ccncc3)n[nH]2)cc1. The number of benzene rings is 1. The highest BCUT2D eigenvalue weighted by Gasteiger charge is 2.09. The van der Waals surface area contributed by atoms with E-state index >= 15 is 0 Å². The minimum Gasteiger partial charge on any atom is -0.497 e. The zero-order valence-electron chi connectivity index (χ0n) is 13.2. The van der Waals surface area contributed by atoms with E-state index in [0.29, 0.717) is 18.2 Å². The van der Waals surface area contributed by atoms with Crippen LogP contribution in [0.3, 0.4) is 0 Å². The third-order valence-electron chi connectivity index (χ3n) is 3.45. The van der Waals surface area contributed by atoms with Crippen molar-refractivity contribution in [3.05, 3.63) is 60.2 Å². The van der Waals surface area contributed by atoms with Crippen molar-refractivity contribution in [2.45, 2.75) is 13.0 Å². The summed E-state index contributed by atoms with van der Waals surface area (Å²) in [7, 11) is 1.62. The molecule has 0 fully saturated rings. The van der Waals surface area contributed by atoms with E-state index in [4.69, 9.17) is 4.74 Å². The number of nitrogens with one attached hydrogen (secondary N) is 2. The van der Waals surface area contributed by atoms with Crippen molar-refractivity contribution in [1.82, 2.24) is 25.5 Å². The van der Waals surface area contributed by atoms with Gasteiger partial charge in [0.15, 0.2) is 5.82 Å². The lowest BCUT2D eigenvalue weighted by molar-refractivity contribution is -0.120. The summed E-state index contributed by atoms with van der Waals surface area (Å²) in [5.74, 6) is 1.74. The number of carbonyl (C=O) groups is 1. The molecule has 2 heterocycles. The molecule has 0 aliphatic rings. The molecule has 0 unspecified atom stereocenters. The van der Waals surface area contributed by atoms with Gasteiger partial charge in [0.1, 0.15) is 11.6 Å². The summed E-state index contributed by atoms with van der Waals surface area (Å²) in [4.78, 5) is 20.3. The zero-order chi connectivity index (χ0) is 16.8. The number of H-pyrrole nitrogens is 1. The Balaban J connectivity index is 1.54. The maximum Gasteiger partial charge on any atom is 0.227 e. The van der Waals surface area contributed by atoms with Crippen molar-refractivity contribution in [1.29, 1.82) is 0 Å². The van der Waals surface area contributed by atoms with Crippen molar-refractivity contribution in [3.8, 4) is 17.1 Å². The van der Waals surface area contributed by atoms with Crippen LogP contribution in [0, 0.1) is 0 Å². The summed E-state index contributed by atoms with van der Waals surface area (Å²) in [5, 5.41) is 9.77. The van der Waals surface area contributed by atoms with Gasteiger partial charge in [0.25, 0.3) is 0 Å². The summed E-state index contributed by atoms with van der Waals surface area (Å²) in [6.45, 7) is 0.453. The molecule has 3 rings (SSSR count). The molecule has 2 N–H and O–H groups in total. The highest BCUT2D eigenvalue weighted by Crippen LogP contribution is 2.13. The van der Waals surface area contributed by atoms with E-state index in [2.05, 4.69) is 25.5 Å². The second kappa shape index (κ2) is 7.36. The van der Waals surface area contributed by atoms with Gasteiger partial charge in [0.2, 0.25) is 5.91 Å². The molecule has 1 aromatic carbocycles. The molecule has 1 amide bonds. The van der Waals surface area contributed by atoms with Crippen LogP contribution in [-0.2, 0) is 17.8 Å². The third kappa shape index (κ3) is 3.95. The number of nitrogens with zero attached hydrogens (tertiary/aromatic N) is 3. The Bertz CT molecular complexity index is 799. The first-order valence-corrected chi connectivity index (χ1v) is 7.46. The van der Waals surface area contributed by atoms with Crippen LogP contribution in [0.1, 0.15) is 11.4 Å². The summed E-state index contributed by atoms with van der Waals surface area (Å²) in [5.41, 5.74) is 1.85. The first kappa shape index (κ1) is 15.7. The normalized spacial score (nSPS) is 10.4. The van der Waals surface area contributed by atoms with Crippen molar-refractivity contribution in [3.63, 3.8) is 0 Å². The molecule has 0 aliphatic heterocycles. The fourth-order valence-electron chi connectivity index (χ4n) is 2.16. The van der Waals surface area contributed by atoms with E-state index in [9.17, 15) is 4.79 Å². The smallest absolute Gasteiger partial charge is 0.227 e. The number of hydrogen-bond acceptors (Lipinski definition) is 5. The van der Waals surface area contributed by atoms with Gasteiger partial charge < -0.3 is 10.1 Å². The van der Waals surface area contributed by atoms with Gasteiger partial charge >= 0.3 is 0 Å². The maximum atomic E-state index is 12.0. The zero-order valence-corrected chi connectivity index (χ0v) is 13.2. The van der Waals surface area contributed by atoms with Crippen molar-refractivity contribution in [2.24, 2.45) is 0 Å². The van der Waals surface area contributed by atoms with Crippen LogP contribution in [0.5, 0.6) is 5.75 Å². The van der Waals surface area contributed by atoms with Gasteiger partial charge in [-0.2, -0.15) is 5.10 Å². The van der Waals surface area contributed by atoms with Crippen LogP contribution >= 0.6 is 0 Å². The predicted octanol–water partition coefficient (Wildman–Crippen LogP) is 1.73. The van der Waals surface area contributed by atoms with E-state index in [1.807, 2.05) is 36.4 Å². The average Bonchev–Trinajstić information content (AvgIpc) is 3.09. The summed E-state index contributed by atoms with van der Waals surface area (Å²) < 4.78 is 5.10. The van der Waals surface area contributed by atoms with Crippen molar-refractivity contribution in [2.75, 3.05) is 7.11 Å². The molecule has 0 saturated carbocycles. The van der Waals surface area contributed by atoms with Crippen LogP contribution in [0.15, 0.2) is 48.8 Å². The lowest BCUT2D eigenvalue weighted by atomic mass is 10.2. The monoisotopic (exact) mass is 323 g/mol. The van der Waals surface area contributed by atoms with Crippen LogP contribution < -0.4 is 10.1 Å². The number of aromatic amines is 1. The van der Waals surface area contributed by atoms with Gasteiger partial charge in [-0.05, 0) is 29.8 Å². The number of ether oxygens (including phenoxy) is 1. The first-order valence-electron chi connectivity index (χ1n) is 7.46. The highest BCUT2D eigenvalue weighted by atomic mass is 16.5. The molecular formula is C17H17N5O2. The van der Waals surface area contributed by atoms with Gasteiger partial charge in [-0.1, -0.05) is 12.1 Å². The standard InChI is InChI=1S/C17H17N5O2/c1-24-14-4-2-12(3-5-14)11-19-16(23)10-15-20-17(22-21-15)13-6-8-18-9-7-13/h2-9H,10-11H2,1H3,(H,19,23)(H,20,21,22). The fourth-order valence-corrected chi connectivity index (χ4v) is 2.16. The lowest BCUT2D eigenvalue weighted by Gasteiger charge is -2.05. The van der Waals surface area contributed by atoms with Crippen molar-refractivity contribution >= 4 is 5.91 Å². The summed E-state index contributed by atoms with van der Waals surface area (Å²) in [6.07, 6.45) is 3.49. The first-order chi connectivity index (χ1) is 11.7. The van der Waals surface area contributed by atoms with Gasteiger partial charge in [0, 0.05) is 24.5 Å². The maximum absolute atomic E-state index is 12.0. The van der Waals surface area contributed by atoms with E-state index in [1.54, 1.807) is 19.5 Å². The molecule has 3 aromatic rings. The van der Waals surface area contributed by atoms with Crippen LogP contribution in [0.4, 0.5) is 0 Å². The minimum absolute atomic E-state index is 0.122. The fraction of sp³-hybridized carbons (Fsp3) is 0.176. The number of rotatable bonds is 6. The van der Waals surface area contributed by atoms with E-state index in [0.717, 1.165) is 16.9 Å². The Morgan fingerprint density at radius 1 is 1.17 bits per heavy atom. The van der Waals surface area contributed by atoms with E-state index in [1.165, 1.54) is 0 Å². The molecular weight excluding hydrogens is 306 g/mol. The summed E-state index contributed by atoms with van der Waals surface area (Å²) >= 11 is 0. The Hall–Kier alpha value is -3.22.